The molecular weight excluding hydrogens is 238 g/mol. The Morgan fingerprint density at radius 1 is 1.47 bits per heavy atom. The first-order valence-electron chi connectivity index (χ1n) is 5.83. The van der Waals surface area contributed by atoms with E-state index in [2.05, 4.69) is 5.32 Å². The molecule has 17 heavy (non-hydrogen) atoms. The summed E-state index contributed by atoms with van der Waals surface area (Å²) < 4.78 is 0. The van der Waals surface area contributed by atoms with Gasteiger partial charge in [0.15, 0.2) is 0 Å². The summed E-state index contributed by atoms with van der Waals surface area (Å²) in [5.74, 6) is -0.958. The third-order valence-electron chi connectivity index (χ3n) is 3.43. The standard InChI is InChI=1S/C13H16ClNO2/c1-8(9-4-2-3-5-11(9)14)15-12-7-6-10(12)13(16)17/h2-5,8,10,12,15H,6-7H2,1H3,(H,16,17)/t8-,10?,12?/m0/s1. The number of rotatable bonds is 4. The Hall–Kier alpha value is -1.06. The van der Waals surface area contributed by atoms with Gasteiger partial charge in [0.1, 0.15) is 0 Å². The van der Waals surface area contributed by atoms with Crippen LogP contribution in [0.15, 0.2) is 24.3 Å². The van der Waals surface area contributed by atoms with Crippen LogP contribution in [0.4, 0.5) is 0 Å². The summed E-state index contributed by atoms with van der Waals surface area (Å²) in [5.41, 5.74) is 1.02. The van der Waals surface area contributed by atoms with Crippen LogP contribution in [0, 0.1) is 5.92 Å². The average molecular weight is 254 g/mol. The van der Waals surface area contributed by atoms with Crippen LogP contribution in [0.5, 0.6) is 0 Å². The molecule has 2 rings (SSSR count). The number of carboxylic acids is 1. The van der Waals surface area contributed by atoms with Crippen LogP contribution in [0.3, 0.4) is 0 Å². The van der Waals surface area contributed by atoms with Gasteiger partial charge in [-0.25, -0.2) is 0 Å². The van der Waals surface area contributed by atoms with Crippen molar-refractivity contribution in [1.29, 1.82) is 0 Å². The van der Waals surface area contributed by atoms with Gasteiger partial charge >= 0.3 is 5.97 Å². The third kappa shape index (κ3) is 2.61. The van der Waals surface area contributed by atoms with E-state index in [0.29, 0.717) is 0 Å². The molecule has 2 N–H and O–H groups in total. The third-order valence-corrected chi connectivity index (χ3v) is 3.77. The molecule has 1 fully saturated rings. The highest BCUT2D eigenvalue weighted by molar-refractivity contribution is 6.31. The number of halogens is 1. The van der Waals surface area contributed by atoms with E-state index in [1.165, 1.54) is 0 Å². The number of carbonyl (C=O) groups is 1. The first kappa shape index (κ1) is 12.4. The highest BCUT2D eigenvalue weighted by Gasteiger charge is 2.37. The van der Waals surface area contributed by atoms with E-state index >= 15 is 0 Å². The van der Waals surface area contributed by atoms with Gasteiger partial charge in [-0.3, -0.25) is 4.79 Å². The lowest BCUT2D eigenvalue weighted by Gasteiger charge is -2.36. The van der Waals surface area contributed by atoms with Gasteiger partial charge in [-0.1, -0.05) is 29.8 Å². The lowest BCUT2D eigenvalue weighted by molar-refractivity contribution is -0.146. The molecule has 1 aromatic rings. The van der Waals surface area contributed by atoms with Gasteiger partial charge < -0.3 is 10.4 Å². The Labute approximate surface area is 106 Å². The molecule has 3 nitrogen and oxygen atoms in total. The lowest BCUT2D eigenvalue weighted by Crippen LogP contribution is -2.48. The molecule has 2 unspecified atom stereocenters. The quantitative estimate of drug-likeness (QED) is 0.868. The van der Waals surface area contributed by atoms with Crippen LogP contribution in [-0.2, 0) is 4.79 Å². The van der Waals surface area contributed by atoms with E-state index in [4.69, 9.17) is 16.7 Å². The van der Waals surface area contributed by atoms with Crippen LogP contribution >= 0.6 is 11.6 Å². The minimum atomic E-state index is -0.708. The van der Waals surface area contributed by atoms with Crippen molar-refractivity contribution in [2.75, 3.05) is 0 Å². The van der Waals surface area contributed by atoms with E-state index in [1.54, 1.807) is 0 Å². The summed E-state index contributed by atoms with van der Waals surface area (Å²) in [6, 6.07) is 7.80. The van der Waals surface area contributed by atoms with Gasteiger partial charge in [0.05, 0.1) is 5.92 Å². The van der Waals surface area contributed by atoms with Crippen molar-refractivity contribution in [3.05, 3.63) is 34.9 Å². The second-order valence-electron chi connectivity index (χ2n) is 4.54. The van der Waals surface area contributed by atoms with Gasteiger partial charge in [0.25, 0.3) is 0 Å². The number of carboxylic acid groups (broad SMARTS) is 1. The molecule has 0 heterocycles. The largest absolute Gasteiger partial charge is 0.481 e. The highest BCUT2D eigenvalue weighted by atomic mass is 35.5. The predicted octanol–water partition coefficient (Wildman–Crippen LogP) is 2.85. The Balaban J connectivity index is 2.00. The van der Waals surface area contributed by atoms with Crippen LogP contribution < -0.4 is 5.32 Å². The maximum absolute atomic E-state index is 10.9. The van der Waals surface area contributed by atoms with Crippen molar-refractivity contribution in [2.24, 2.45) is 5.92 Å². The number of nitrogens with one attached hydrogen (secondary N) is 1. The molecule has 0 saturated heterocycles. The molecule has 0 aromatic heterocycles. The second-order valence-corrected chi connectivity index (χ2v) is 4.95. The fourth-order valence-corrected chi connectivity index (χ4v) is 2.53. The van der Waals surface area contributed by atoms with Gasteiger partial charge in [0, 0.05) is 17.1 Å². The molecule has 1 aliphatic rings. The van der Waals surface area contributed by atoms with Gasteiger partial charge in [-0.2, -0.15) is 0 Å². The normalized spacial score (nSPS) is 25.1. The molecule has 0 spiro atoms. The first-order chi connectivity index (χ1) is 8.09. The first-order valence-corrected chi connectivity index (χ1v) is 6.20. The minimum absolute atomic E-state index is 0.0683. The van der Waals surface area contributed by atoms with E-state index in [9.17, 15) is 4.79 Å². The van der Waals surface area contributed by atoms with Crippen molar-refractivity contribution in [3.63, 3.8) is 0 Å². The summed E-state index contributed by atoms with van der Waals surface area (Å²) in [4.78, 5) is 10.9. The summed E-state index contributed by atoms with van der Waals surface area (Å²) in [6.07, 6.45) is 1.69. The summed E-state index contributed by atoms with van der Waals surface area (Å²) in [6.45, 7) is 2.01. The summed E-state index contributed by atoms with van der Waals surface area (Å²) in [7, 11) is 0. The summed E-state index contributed by atoms with van der Waals surface area (Å²) >= 11 is 6.11. The van der Waals surface area contributed by atoms with Crippen molar-refractivity contribution in [3.8, 4) is 0 Å². The topological polar surface area (TPSA) is 49.3 Å². The van der Waals surface area contributed by atoms with Gasteiger partial charge in [-0.05, 0) is 31.4 Å². The van der Waals surface area contributed by atoms with Crippen LogP contribution in [0.1, 0.15) is 31.4 Å². The SMILES string of the molecule is C[C@H](NC1CCC1C(=O)O)c1ccccc1Cl. The molecular formula is C13H16ClNO2. The molecule has 0 radical (unpaired) electrons. The highest BCUT2D eigenvalue weighted by Crippen LogP contribution is 2.31. The number of hydrogen-bond donors (Lipinski definition) is 2. The fraction of sp³-hybridized carbons (Fsp3) is 0.462. The van der Waals surface area contributed by atoms with Crippen LogP contribution in [0.2, 0.25) is 5.02 Å². The molecule has 1 aliphatic carbocycles. The van der Waals surface area contributed by atoms with Gasteiger partial charge in [-0.15, -0.1) is 0 Å². The van der Waals surface area contributed by atoms with E-state index in [1.807, 2.05) is 31.2 Å². The Kier molecular flexibility index (Phi) is 3.69. The molecule has 92 valence electrons. The Bertz CT molecular complexity index is 422. The van der Waals surface area contributed by atoms with Crippen molar-refractivity contribution >= 4 is 17.6 Å². The number of hydrogen-bond acceptors (Lipinski definition) is 2. The molecule has 1 saturated carbocycles. The van der Waals surface area contributed by atoms with Crippen molar-refractivity contribution in [2.45, 2.75) is 31.8 Å². The van der Waals surface area contributed by atoms with E-state index < -0.39 is 5.97 Å². The van der Waals surface area contributed by atoms with Crippen molar-refractivity contribution < 1.29 is 9.90 Å². The maximum Gasteiger partial charge on any atom is 0.308 e. The lowest BCUT2D eigenvalue weighted by atomic mass is 9.79. The van der Waals surface area contributed by atoms with E-state index in [-0.39, 0.29) is 18.0 Å². The fourth-order valence-electron chi connectivity index (χ4n) is 2.23. The molecule has 3 atom stereocenters. The predicted molar refractivity (Wildman–Crippen MR) is 67.2 cm³/mol. The second kappa shape index (κ2) is 5.07. The molecule has 0 bridgehead atoms. The van der Waals surface area contributed by atoms with Crippen LogP contribution in [-0.4, -0.2) is 17.1 Å². The van der Waals surface area contributed by atoms with Crippen LogP contribution in [0.25, 0.3) is 0 Å². The maximum atomic E-state index is 10.9. The molecule has 4 heteroatoms. The number of aliphatic carboxylic acids is 1. The molecule has 0 aliphatic heterocycles. The Morgan fingerprint density at radius 3 is 2.71 bits per heavy atom. The zero-order chi connectivity index (χ0) is 12.4. The Morgan fingerprint density at radius 2 is 2.18 bits per heavy atom. The molecule has 0 amide bonds. The minimum Gasteiger partial charge on any atom is -0.481 e. The zero-order valence-corrected chi connectivity index (χ0v) is 10.4. The van der Waals surface area contributed by atoms with Crippen molar-refractivity contribution in [1.82, 2.24) is 5.32 Å². The number of benzene rings is 1. The van der Waals surface area contributed by atoms with E-state index in [0.717, 1.165) is 23.4 Å². The smallest absolute Gasteiger partial charge is 0.308 e. The monoisotopic (exact) mass is 253 g/mol. The van der Waals surface area contributed by atoms with Gasteiger partial charge in [0.2, 0.25) is 0 Å². The summed E-state index contributed by atoms with van der Waals surface area (Å²) in [5, 5.41) is 13.0. The zero-order valence-electron chi connectivity index (χ0n) is 9.69. The average Bonchev–Trinajstić information content (AvgIpc) is 2.24. The molecule has 1 aromatic carbocycles.